The first-order valence-electron chi connectivity index (χ1n) is 5.74. The monoisotopic (exact) mass is 251 g/mol. The molecule has 0 aliphatic rings. The number of carboxylic acid groups (broad SMARTS) is 1. The number of quaternary nitrogens is 1. The fourth-order valence-corrected chi connectivity index (χ4v) is 1.50. The van der Waals surface area contributed by atoms with Gasteiger partial charge in [-0.1, -0.05) is 0 Å². The van der Waals surface area contributed by atoms with Crippen LogP contribution in [0.2, 0.25) is 0 Å². The van der Waals surface area contributed by atoms with Crippen LogP contribution >= 0.6 is 0 Å². The van der Waals surface area contributed by atoms with Crippen molar-refractivity contribution >= 4 is 11.9 Å². The highest BCUT2D eigenvalue weighted by atomic mass is 16.4. The molecule has 1 heterocycles. The van der Waals surface area contributed by atoms with E-state index in [-0.39, 0.29) is 12.5 Å². The number of pyridine rings is 1. The van der Waals surface area contributed by atoms with E-state index in [9.17, 15) is 14.7 Å². The van der Waals surface area contributed by atoms with Crippen molar-refractivity contribution in [2.45, 2.75) is 6.42 Å². The van der Waals surface area contributed by atoms with Crippen molar-refractivity contribution in [3.63, 3.8) is 0 Å². The van der Waals surface area contributed by atoms with Gasteiger partial charge in [0, 0.05) is 18.8 Å². The molecule has 1 unspecified atom stereocenters. The van der Waals surface area contributed by atoms with E-state index < -0.39 is 12.5 Å². The molecule has 0 bridgehead atoms. The molecule has 1 atom stereocenters. The molecule has 0 saturated carbocycles. The zero-order chi connectivity index (χ0) is 13.4. The quantitative estimate of drug-likeness (QED) is 0.541. The second-order valence-electron chi connectivity index (χ2n) is 4.14. The summed E-state index contributed by atoms with van der Waals surface area (Å²) in [5, 5.41) is 12.4. The molecule has 0 radical (unpaired) electrons. The molecule has 1 aromatic rings. The second-order valence-corrected chi connectivity index (χ2v) is 4.14. The van der Waals surface area contributed by atoms with Crippen LogP contribution in [-0.2, 0) is 16.0 Å². The number of rotatable bonds is 7. The van der Waals surface area contributed by atoms with E-state index >= 15 is 0 Å². The minimum atomic E-state index is -1.28. The van der Waals surface area contributed by atoms with Gasteiger partial charge in [0.25, 0.3) is 5.91 Å². The summed E-state index contributed by atoms with van der Waals surface area (Å²) >= 11 is 0. The zero-order valence-corrected chi connectivity index (χ0v) is 10.3. The Labute approximate surface area is 106 Å². The lowest BCUT2D eigenvalue weighted by Gasteiger charge is -2.13. The number of hydrogen-bond donors (Lipinski definition) is 2. The van der Waals surface area contributed by atoms with Crippen LogP contribution in [0, 0.1) is 0 Å². The Balaban J connectivity index is 2.23. The Hall–Kier alpha value is -1.95. The summed E-state index contributed by atoms with van der Waals surface area (Å²) in [6.07, 6.45) is 4.32. The molecule has 0 fully saturated rings. The van der Waals surface area contributed by atoms with Gasteiger partial charge in [-0.05, 0) is 17.7 Å². The highest BCUT2D eigenvalue weighted by Crippen LogP contribution is 1.94. The van der Waals surface area contributed by atoms with E-state index in [2.05, 4.69) is 10.3 Å². The third-order valence-corrected chi connectivity index (χ3v) is 2.48. The van der Waals surface area contributed by atoms with Crippen molar-refractivity contribution in [1.82, 2.24) is 10.3 Å². The predicted octanol–water partition coefficient (Wildman–Crippen LogP) is -3.00. The van der Waals surface area contributed by atoms with Crippen molar-refractivity contribution < 1.29 is 19.6 Å². The van der Waals surface area contributed by atoms with Crippen LogP contribution in [0.25, 0.3) is 0 Å². The minimum Gasteiger partial charge on any atom is -0.548 e. The van der Waals surface area contributed by atoms with Crippen molar-refractivity contribution in [1.29, 1.82) is 0 Å². The van der Waals surface area contributed by atoms with E-state index in [1.54, 1.807) is 12.4 Å². The third-order valence-electron chi connectivity index (χ3n) is 2.48. The molecule has 98 valence electrons. The van der Waals surface area contributed by atoms with E-state index in [4.69, 9.17) is 0 Å². The number of likely N-dealkylation sites (N-methyl/N-ethyl adjacent to an activating group) is 1. The first-order valence-corrected chi connectivity index (χ1v) is 5.74. The number of aromatic nitrogens is 1. The summed E-state index contributed by atoms with van der Waals surface area (Å²) in [5.74, 6) is -1.57. The number of hydrogen-bond acceptors (Lipinski definition) is 4. The molecule has 1 rings (SSSR count). The highest BCUT2D eigenvalue weighted by Gasteiger charge is 2.09. The molecule has 6 heteroatoms. The lowest BCUT2D eigenvalue weighted by molar-refractivity contribution is -0.870. The smallest absolute Gasteiger partial charge is 0.275 e. The Morgan fingerprint density at radius 1 is 1.39 bits per heavy atom. The molecule has 6 nitrogen and oxygen atoms in total. The van der Waals surface area contributed by atoms with Gasteiger partial charge in [0.15, 0.2) is 6.54 Å². The number of carbonyl (C=O) groups excluding carboxylic acids is 2. The molecule has 1 aromatic heterocycles. The van der Waals surface area contributed by atoms with Gasteiger partial charge in [0.1, 0.15) is 0 Å². The highest BCUT2D eigenvalue weighted by molar-refractivity contribution is 5.81. The molecule has 0 aliphatic heterocycles. The van der Waals surface area contributed by atoms with Crippen molar-refractivity contribution in [2.24, 2.45) is 0 Å². The number of carbonyl (C=O) groups is 2. The molecule has 0 aromatic carbocycles. The molecule has 0 spiro atoms. The first-order chi connectivity index (χ1) is 8.58. The van der Waals surface area contributed by atoms with Crippen LogP contribution in [0.5, 0.6) is 0 Å². The molecule has 0 aliphatic carbocycles. The van der Waals surface area contributed by atoms with Crippen molar-refractivity contribution in [3.8, 4) is 0 Å². The van der Waals surface area contributed by atoms with Gasteiger partial charge < -0.3 is 20.1 Å². The Morgan fingerprint density at radius 3 is 2.67 bits per heavy atom. The van der Waals surface area contributed by atoms with Gasteiger partial charge in [-0.2, -0.15) is 0 Å². The average Bonchev–Trinajstić information content (AvgIpc) is 2.35. The lowest BCUT2D eigenvalue weighted by atomic mass is 10.2. The fraction of sp³-hybridized carbons (Fsp3) is 0.417. The first kappa shape index (κ1) is 14.1. The third kappa shape index (κ3) is 5.95. The number of amides is 1. The predicted molar refractivity (Wildman–Crippen MR) is 62.6 cm³/mol. The summed E-state index contributed by atoms with van der Waals surface area (Å²) in [5.41, 5.74) is 1.17. The zero-order valence-electron chi connectivity index (χ0n) is 10.3. The number of nitrogens with zero attached hydrogens (tertiary/aromatic N) is 1. The molecule has 0 saturated heterocycles. The van der Waals surface area contributed by atoms with E-state index in [0.717, 1.165) is 17.9 Å². The molecule has 1 amide bonds. The van der Waals surface area contributed by atoms with Crippen molar-refractivity contribution in [3.05, 3.63) is 30.1 Å². The topological polar surface area (TPSA) is 86.6 Å². The van der Waals surface area contributed by atoms with Crippen LogP contribution in [0.1, 0.15) is 5.56 Å². The van der Waals surface area contributed by atoms with E-state index in [0.29, 0.717) is 0 Å². The molecule has 2 N–H and O–H groups in total. The van der Waals surface area contributed by atoms with Crippen LogP contribution in [0.4, 0.5) is 0 Å². The number of carboxylic acids is 1. The van der Waals surface area contributed by atoms with Gasteiger partial charge in [-0.25, -0.2) is 0 Å². The summed E-state index contributed by atoms with van der Waals surface area (Å²) in [4.78, 5) is 26.4. The average molecular weight is 251 g/mol. The summed E-state index contributed by atoms with van der Waals surface area (Å²) < 4.78 is 0. The van der Waals surface area contributed by atoms with Crippen LogP contribution < -0.4 is 15.3 Å². The van der Waals surface area contributed by atoms with Crippen molar-refractivity contribution in [2.75, 3.05) is 26.7 Å². The summed E-state index contributed by atoms with van der Waals surface area (Å²) in [6.45, 7) is 0.609. The van der Waals surface area contributed by atoms with Gasteiger partial charge in [-0.3, -0.25) is 9.78 Å². The minimum absolute atomic E-state index is 0.248. The Kier molecular flexibility index (Phi) is 5.79. The van der Waals surface area contributed by atoms with Gasteiger partial charge in [-0.15, -0.1) is 0 Å². The summed E-state index contributed by atoms with van der Waals surface area (Å²) in [7, 11) is 1.89. The fourth-order valence-electron chi connectivity index (χ4n) is 1.50. The van der Waals surface area contributed by atoms with E-state index in [1.165, 1.54) is 5.56 Å². The maximum Gasteiger partial charge on any atom is 0.275 e. The van der Waals surface area contributed by atoms with E-state index in [1.807, 2.05) is 19.2 Å². The number of aliphatic carboxylic acids is 1. The normalized spacial score (nSPS) is 11.8. The number of nitrogens with one attached hydrogen (secondary N) is 2. The van der Waals surface area contributed by atoms with Crippen LogP contribution in [-0.4, -0.2) is 43.5 Å². The van der Waals surface area contributed by atoms with Crippen LogP contribution in [0.15, 0.2) is 24.5 Å². The Morgan fingerprint density at radius 2 is 2.06 bits per heavy atom. The standard InChI is InChI=1S/C12H17N3O3/c1-15(9-11(16)14-8-12(17)18)7-4-10-2-5-13-6-3-10/h2-3,5-6H,4,7-9H2,1H3,(H,14,16)(H,17,18). The summed E-state index contributed by atoms with van der Waals surface area (Å²) in [6, 6.07) is 3.87. The largest absolute Gasteiger partial charge is 0.548 e. The van der Waals surface area contributed by atoms with Gasteiger partial charge in [0.05, 0.1) is 26.1 Å². The van der Waals surface area contributed by atoms with Gasteiger partial charge >= 0.3 is 0 Å². The molecule has 18 heavy (non-hydrogen) atoms. The SMILES string of the molecule is C[NH+](CCc1ccncc1)CC(=O)NCC(=O)[O-]. The molecular weight excluding hydrogens is 234 g/mol. The van der Waals surface area contributed by atoms with Crippen LogP contribution in [0.3, 0.4) is 0 Å². The second kappa shape index (κ2) is 7.39. The maximum atomic E-state index is 11.3. The maximum absolute atomic E-state index is 11.3. The van der Waals surface area contributed by atoms with Gasteiger partial charge in [0.2, 0.25) is 0 Å². The molecular formula is C12H17N3O3. The Bertz CT molecular complexity index is 395. The lowest BCUT2D eigenvalue weighted by Crippen LogP contribution is -3.10.